The number of hydrogen-bond acceptors (Lipinski definition) is 4. The molecule has 56 valence electrons. The number of aromatic amines is 1. The van der Waals surface area contributed by atoms with Crippen LogP contribution in [0.3, 0.4) is 0 Å². The van der Waals surface area contributed by atoms with Crippen LogP contribution in [0.1, 0.15) is 13.3 Å². The Morgan fingerprint density at radius 2 is 2.50 bits per heavy atom. The van der Waals surface area contributed by atoms with Crippen molar-refractivity contribution in [3.05, 3.63) is 0 Å². The molecule has 0 aliphatic carbocycles. The molecule has 5 nitrogen and oxygen atoms in total. The molecule has 0 saturated carbocycles. The van der Waals surface area contributed by atoms with Crippen molar-refractivity contribution in [2.75, 3.05) is 12.3 Å². The van der Waals surface area contributed by atoms with E-state index in [2.05, 4.69) is 15.2 Å². The van der Waals surface area contributed by atoms with Crippen molar-refractivity contribution in [2.45, 2.75) is 13.3 Å². The minimum atomic E-state index is 0.283. The topological polar surface area (TPSA) is 76.8 Å². The Balaban J connectivity index is 2.42. The van der Waals surface area contributed by atoms with Gasteiger partial charge in [-0.1, -0.05) is 6.92 Å². The third-order valence-corrected chi connectivity index (χ3v) is 0.917. The van der Waals surface area contributed by atoms with Crippen LogP contribution in [0, 0.1) is 0 Å². The number of ether oxygens (including phenoxy) is 1. The Morgan fingerprint density at radius 3 is 3.00 bits per heavy atom. The van der Waals surface area contributed by atoms with Gasteiger partial charge in [-0.25, -0.2) is 5.10 Å². The van der Waals surface area contributed by atoms with Crippen molar-refractivity contribution in [2.24, 2.45) is 0 Å². The predicted octanol–water partition coefficient (Wildman–Crippen LogP) is 0.176. The fraction of sp³-hybridized carbons (Fsp3) is 0.600. The monoisotopic (exact) mass is 142 g/mol. The molecular weight excluding hydrogens is 132 g/mol. The van der Waals surface area contributed by atoms with E-state index in [4.69, 9.17) is 10.5 Å². The molecule has 1 heterocycles. The van der Waals surface area contributed by atoms with Gasteiger partial charge in [-0.05, 0) is 6.42 Å². The summed E-state index contributed by atoms with van der Waals surface area (Å²) in [5.74, 6) is 0.283. The highest BCUT2D eigenvalue weighted by Crippen LogP contribution is 2.01. The van der Waals surface area contributed by atoms with E-state index in [0.717, 1.165) is 6.42 Å². The number of nitrogens with one attached hydrogen (secondary N) is 1. The summed E-state index contributed by atoms with van der Waals surface area (Å²) in [6, 6.07) is 0.319. The van der Waals surface area contributed by atoms with Crippen molar-refractivity contribution in [1.82, 2.24) is 15.2 Å². The zero-order valence-corrected chi connectivity index (χ0v) is 5.79. The molecule has 0 radical (unpaired) electrons. The standard InChI is InChI=1S/C5H10N4O/c1-2-3-10-5-7-4(6)8-9-5/h2-3H2,1H3,(H3,6,7,8,9). The SMILES string of the molecule is CCCOc1n[nH]c(N)n1. The molecule has 0 unspecified atom stereocenters. The van der Waals surface area contributed by atoms with Crippen LogP contribution in [-0.4, -0.2) is 21.8 Å². The summed E-state index contributed by atoms with van der Waals surface area (Å²) < 4.78 is 5.04. The van der Waals surface area contributed by atoms with Gasteiger partial charge in [0.2, 0.25) is 5.95 Å². The summed E-state index contributed by atoms with van der Waals surface area (Å²) in [6.45, 7) is 2.63. The maximum atomic E-state index is 5.24. The first-order chi connectivity index (χ1) is 4.83. The fourth-order valence-electron chi connectivity index (χ4n) is 0.516. The van der Waals surface area contributed by atoms with E-state index in [1.54, 1.807) is 0 Å². The van der Waals surface area contributed by atoms with Crippen LogP contribution in [0.15, 0.2) is 0 Å². The highest BCUT2D eigenvalue weighted by Gasteiger charge is 1.97. The number of nitrogens with two attached hydrogens (primary N) is 1. The Labute approximate surface area is 58.6 Å². The predicted molar refractivity (Wildman–Crippen MR) is 36.6 cm³/mol. The Bertz CT molecular complexity index is 197. The normalized spacial score (nSPS) is 9.70. The zero-order valence-electron chi connectivity index (χ0n) is 5.79. The molecule has 5 heteroatoms. The molecule has 0 aliphatic heterocycles. The summed E-state index contributed by atoms with van der Waals surface area (Å²) in [5, 5.41) is 6.14. The lowest BCUT2D eigenvalue weighted by atomic mass is 10.5. The molecule has 0 saturated heterocycles. The lowest BCUT2D eigenvalue weighted by Gasteiger charge is -1.94. The largest absolute Gasteiger partial charge is 0.462 e. The lowest BCUT2D eigenvalue weighted by molar-refractivity contribution is 0.293. The van der Waals surface area contributed by atoms with E-state index >= 15 is 0 Å². The molecule has 0 bridgehead atoms. The molecule has 0 atom stereocenters. The summed E-state index contributed by atoms with van der Waals surface area (Å²) >= 11 is 0. The van der Waals surface area contributed by atoms with Gasteiger partial charge in [0.05, 0.1) is 6.61 Å². The van der Waals surface area contributed by atoms with E-state index in [1.807, 2.05) is 6.92 Å². The Kier molecular flexibility index (Phi) is 2.09. The van der Waals surface area contributed by atoms with Crippen LogP contribution in [0.2, 0.25) is 0 Å². The maximum Gasteiger partial charge on any atom is 0.337 e. The van der Waals surface area contributed by atoms with Gasteiger partial charge in [-0.3, -0.25) is 0 Å². The smallest absolute Gasteiger partial charge is 0.337 e. The van der Waals surface area contributed by atoms with Gasteiger partial charge in [-0.2, -0.15) is 4.98 Å². The number of H-pyrrole nitrogens is 1. The van der Waals surface area contributed by atoms with Gasteiger partial charge >= 0.3 is 6.01 Å². The van der Waals surface area contributed by atoms with Crippen molar-refractivity contribution in [3.63, 3.8) is 0 Å². The summed E-state index contributed by atoms with van der Waals surface area (Å²) in [7, 11) is 0. The van der Waals surface area contributed by atoms with E-state index in [0.29, 0.717) is 12.6 Å². The molecule has 3 N–H and O–H groups in total. The van der Waals surface area contributed by atoms with Crippen LogP contribution < -0.4 is 10.5 Å². The first-order valence-corrected chi connectivity index (χ1v) is 3.13. The molecule has 0 aromatic carbocycles. The second-order valence-corrected chi connectivity index (χ2v) is 1.85. The quantitative estimate of drug-likeness (QED) is 0.631. The number of aromatic nitrogens is 3. The molecule has 0 amide bonds. The maximum absolute atomic E-state index is 5.24. The first kappa shape index (κ1) is 6.85. The van der Waals surface area contributed by atoms with Gasteiger partial charge in [0.25, 0.3) is 0 Å². The van der Waals surface area contributed by atoms with Crippen molar-refractivity contribution < 1.29 is 4.74 Å². The highest BCUT2D eigenvalue weighted by molar-refractivity contribution is 5.14. The van der Waals surface area contributed by atoms with Crippen LogP contribution >= 0.6 is 0 Å². The first-order valence-electron chi connectivity index (χ1n) is 3.13. The average Bonchev–Trinajstić information content (AvgIpc) is 2.31. The molecule has 0 fully saturated rings. The minimum absolute atomic E-state index is 0.283. The molecule has 0 aliphatic rings. The van der Waals surface area contributed by atoms with E-state index in [-0.39, 0.29) is 5.95 Å². The number of nitrogens with zero attached hydrogens (tertiary/aromatic N) is 2. The molecule has 1 aromatic rings. The van der Waals surface area contributed by atoms with Crippen LogP contribution in [0.5, 0.6) is 6.01 Å². The van der Waals surface area contributed by atoms with Gasteiger partial charge in [-0.15, -0.1) is 5.10 Å². The van der Waals surface area contributed by atoms with Gasteiger partial charge in [0.1, 0.15) is 0 Å². The van der Waals surface area contributed by atoms with Crippen LogP contribution in [-0.2, 0) is 0 Å². The summed E-state index contributed by atoms with van der Waals surface area (Å²) in [5.41, 5.74) is 5.24. The lowest BCUT2D eigenvalue weighted by Crippen LogP contribution is -1.96. The van der Waals surface area contributed by atoms with E-state index < -0.39 is 0 Å². The van der Waals surface area contributed by atoms with Gasteiger partial charge < -0.3 is 10.5 Å². The third-order valence-electron chi connectivity index (χ3n) is 0.917. The Morgan fingerprint density at radius 1 is 1.70 bits per heavy atom. The molecule has 1 rings (SSSR count). The number of rotatable bonds is 3. The average molecular weight is 142 g/mol. The summed E-state index contributed by atoms with van der Waals surface area (Å²) in [6.07, 6.45) is 0.939. The summed E-state index contributed by atoms with van der Waals surface area (Å²) in [4.78, 5) is 3.74. The van der Waals surface area contributed by atoms with Crippen LogP contribution in [0.25, 0.3) is 0 Å². The van der Waals surface area contributed by atoms with Crippen molar-refractivity contribution >= 4 is 5.95 Å². The fourth-order valence-corrected chi connectivity index (χ4v) is 0.516. The molecule has 10 heavy (non-hydrogen) atoms. The van der Waals surface area contributed by atoms with Gasteiger partial charge in [0, 0.05) is 0 Å². The van der Waals surface area contributed by atoms with Crippen molar-refractivity contribution in [3.8, 4) is 6.01 Å². The minimum Gasteiger partial charge on any atom is -0.462 e. The third kappa shape index (κ3) is 1.61. The second kappa shape index (κ2) is 3.05. The zero-order chi connectivity index (χ0) is 7.40. The Hall–Kier alpha value is -1.26. The van der Waals surface area contributed by atoms with Gasteiger partial charge in [0.15, 0.2) is 0 Å². The number of hydrogen-bond donors (Lipinski definition) is 2. The highest BCUT2D eigenvalue weighted by atomic mass is 16.5. The van der Waals surface area contributed by atoms with Crippen LogP contribution in [0.4, 0.5) is 5.95 Å². The van der Waals surface area contributed by atoms with E-state index in [9.17, 15) is 0 Å². The molecular formula is C5H10N4O. The number of anilines is 1. The molecule has 1 aromatic heterocycles. The molecule has 0 spiro atoms. The van der Waals surface area contributed by atoms with E-state index in [1.165, 1.54) is 0 Å². The number of nitrogen functional groups attached to an aromatic ring is 1. The van der Waals surface area contributed by atoms with Crippen molar-refractivity contribution in [1.29, 1.82) is 0 Å². The second-order valence-electron chi connectivity index (χ2n) is 1.85.